The van der Waals surface area contributed by atoms with Crippen LogP contribution >= 0.6 is 0 Å². The number of nitrogens with one attached hydrogen (secondary N) is 2. The standard InChI is InChI=1S/C21H22F3N3O6S2/c1-14(28)26-34(30,31)18-7-5-17(6-8-18)25-20(29)15-9-11-27(12-10-15)35(32,33)19-4-2-3-16(13-19)21(22,23)24/h2-8,13,15H,9-12H2,1H3,(H,25,29)(H,26,28). The Kier molecular flexibility index (Phi) is 7.57. The molecule has 1 fully saturated rings. The highest BCUT2D eigenvalue weighted by molar-refractivity contribution is 7.90. The van der Waals surface area contributed by atoms with Gasteiger partial charge in [0.25, 0.3) is 10.0 Å². The number of nitrogens with zero attached hydrogens (tertiary/aromatic N) is 1. The fourth-order valence-electron chi connectivity index (χ4n) is 3.55. The third kappa shape index (κ3) is 6.38. The van der Waals surface area contributed by atoms with E-state index in [-0.39, 0.29) is 30.8 Å². The molecular weight excluding hydrogens is 511 g/mol. The molecule has 0 spiro atoms. The number of carbonyl (C=O) groups excluding carboxylic acids is 2. The van der Waals surface area contributed by atoms with E-state index in [9.17, 15) is 39.6 Å². The number of hydrogen-bond donors (Lipinski definition) is 2. The van der Waals surface area contributed by atoms with E-state index in [0.717, 1.165) is 29.4 Å². The van der Waals surface area contributed by atoms with Crippen LogP contribution in [-0.2, 0) is 35.8 Å². The molecule has 0 aliphatic carbocycles. The monoisotopic (exact) mass is 533 g/mol. The van der Waals surface area contributed by atoms with Crippen LogP contribution in [0.15, 0.2) is 58.3 Å². The maximum Gasteiger partial charge on any atom is 0.416 e. The number of rotatable bonds is 6. The largest absolute Gasteiger partial charge is 0.416 e. The number of piperidine rings is 1. The molecule has 2 amide bonds. The van der Waals surface area contributed by atoms with Gasteiger partial charge in [-0.3, -0.25) is 9.59 Å². The van der Waals surface area contributed by atoms with E-state index in [0.29, 0.717) is 11.8 Å². The van der Waals surface area contributed by atoms with E-state index in [1.165, 1.54) is 24.3 Å². The molecule has 14 heteroatoms. The van der Waals surface area contributed by atoms with Gasteiger partial charge in [0.2, 0.25) is 21.8 Å². The molecule has 2 aromatic carbocycles. The second kappa shape index (κ2) is 9.95. The summed E-state index contributed by atoms with van der Waals surface area (Å²) in [6.45, 7) is 0.956. The fourth-order valence-corrected chi connectivity index (χ4v) is 6.06. The van der Waals surface area contributed by atoms with Crippen molar-refractivity contribution in [2.75, 3.05) is 18.4 Å². The highest BCUT2D eigenvalue weighted by Gasteiger charge is 2.35. The zero-order valence-electron chi connectivity index (χ0n) is 18.4. The van der Waals surface area contributed by atoms with Gasteiger partial charge in [-0.05, 0) is 55.3 Å². The second-order valence-electron chi connectivity index (χ2n) is 7.88. The molecule has 0 radical (unpaired) electrons. The Morgan fingerprint density at radius 3 is 2.09 bits per heavy atom. The Morgan fingerprint density at radius 2 is 1.54 bits per heavy atom. The average Bonchev–Trinajstić information content (AvgIpc) is 2.78. The lowest BCUT2D eigenvalue weighted by atomic mass is 9.97. The van der Waals surface area contributed by atoms with Crippen molar-refractivity contribution in [2.24, 2.45) is 5.92 Å². The summed E-state index contributed by atoms with van der Waals surface area (Å²) in [5.74, 6) is -1.70. The van der Waals surface area contributed by atoms with Crippen LogP contribution < -0.4 is 10.0 Å². The van der Waals surface area contributed by atoms with E-state index >= 15 is 0 Å². The van der Waals surface area contributed by atoms with E-state index in [4.69, 9.17) is 0 Å². The van der Waals surface area contributed by atoms with E-state index in [1.54, 1.807) is 0 Å². The van der Waals surface area contributed by atoms with Crippen molar-refractivity contribution < 1.29 is 39.6 Å². The Morgan fingerprint density at radius 1 is 0.943 bits per heavy atom. The quantitative estimate of drug-likeness (QED) is 0.587. The molecule has 9 nitrogen and oxygen atoms in total. The minimum Gasteiger partial charge on any atom is -0.326 e. The normalized spacial score (nSPS) is 16.0. The summed E-state index contributed by atoms with van der Waals surface area (Å²) < 4.78 is 91.3. The van der Waals surface area contributed by atoms with Gasteiger partial charge in [-0.25, -0.2) is 21.6 Å². The number of anilines is 1. The van der Waals surface area contributed by atoms with Gasteiger partial charge < -0.3 is 5.32 Å². The van der Waals surface area contributed by atoms with Gasteiger partial charge >= 0.3 is 6.18 Å². The predicted octanol–water partition coefficient (Wildman–Crippen LogP) is 2.57. The summed E-state index contributed by atoms with van der Waals surface area (Å²) in [5, 5.41) is 2.63. The zero-order chi connectivity index (χ0) is 26.0. The number of alkyl halides is 3. The van der Waals surface area contributed by atoms with Crippen molar-refractivity contribution >= 4 is 37.5 Å². The molecule has 0 unspecified atom stereocenters. The molecule has 190 valence electrons. The third-order valence-electron chi connectivity index (χ3n) is 5.33. The van der Waals surface area contributed by atoms with Crippen molar-refractivity contribution in [3.05, 3.63) is 54.1 Å². The number of amides is 2. The molecular formula is C21H22F3N3O6S2. The molecule has 2 N–H and O–H groups in total. The number of benzene rings is 2. The first-order chi connectivity index (χ1) is 16.2. The first-order valence-electron chi connectivity index (χ1n) is 10.3. The topological polar surface area (TPSA) is 130 Å². The minimum absolute atomic E-state index is 0.0510. The fraction of sp³-hybridized carbons (Fsp3) is 0.333. The van der Waals surface area contributed by atoms with Crippen LogP contribution in [0.3, 0.4) is 0 Å². The van der Waals surface area contributed by atoms with Crippen LogP contribution in [0.25, 0.3) is 0 Å². The van der Waals surface area contributed by atoms with Crippen LogP contribution in [0.2, 0.25) is 0 Å². The molecule has 1 saturated heterocycles. The predicted molar refractivity (Wildman–Crippen MR) is 119 cm³/mol. The van der Waals surface area contributed by atoms with E-state index in [2.05, 4.69) is 5.32 Å². The van der Waals surface area contributed by atoms with Crippen molar-refractivity contribution in [3.63, 3.8) is 0 Å². The Hall–Kier alpha value is -2.97. The number of hydrogen-bond acceptors (Lipinski definition) is 6. The Labute approximate surface area is 200 Å². The average molecular weight is 534 g/mol. The van der Waals surface area contributed by atoms with Gasteiger partial charge in [-0.15, -0.1) is 0 Å². The van der Waals surface area contributed by atoms with Crippen molar-refractivity contribution in [1.82, 2.24) is 9.03 Å². The third-order valence-corrected chi connectivity index (χ3v) is 8.68. The first kappa shape index (κ1) is 26.6. The van der Waals surface area contributed by atoms with Crippen molar-refractivity contribution in [2.45, 2.75) is 35.7 Å². The molecule has 3 rings (SSSR count). The van der Waals surface area contributed by atoms with Gasteiger partial charge in [0.1, 0.15) is 0 Å². The molecule has 0 aromatic heterocycles. The highest BCUT2D eigenvalue weighted by Crippen LogP contribution is 2.32. The molecule has 1 aliphatic rings. The summed E-state index contributed by atoms with van der Waals surface area (Å²) >= 11 is 0. The Balaban J connectivity index is 1.62. The second-order valence-corrected chi connectivity index (χ2v) is 11.5. The van der Waals surface area contributed by atoms with Crippen LogP contribution in [0.4, 0.5) is 18.9 Å². The molecule has 0 bridgehead atoms. The van der Waals surface area contributed by atoms with E-state index < -0.39 is 54.4 Å². The van der Waals surface area contributed by atoms with E-state index in [1.807, 2.05) is 4.72 Å². The van der Waals surface area contributed by atoms with Crippen LogP contribution in [0.5, 0.6) is 0 Å². The van der Waals surface area contributed by atoms with Crippen molar-refractivity contribution in [3.8, 4) is 0 Å². The molecule has 35 heavy (non-hydrogen) atoms. The molecule has 1 heterocycles. The van der Waals surface area contributed by atoms with Gasteiger partial charge in [0, 0.05) is 31.6 Å². The molecule has 0 atom stereocenters. The highest BCUT2D eigenvalue weighted by atomic mass is 32.2. The number of halogens is 3. The number of sulfonamides is 2. The van der Waals surface area contributed by atoms with Crippen LogP contribution in [0.1, 0.15) is 25.3 Å². The summed E-state index contributed by atoms with van der Waals surface area (Å²) in [5.41, 5.74) is -0.764. The zero-order valence-corrected chi connectivity index (χ0v) is 20.0. The Bertz CT molecular complexity index is 1320. The van der Waals surface area contributed by atoms with Gasteiger partial charge in [0.15, 0.2) is 0 Å². The molecule has 1 aliphatic heterocycles. The van der Waals surface area contributed by atoms with Gasteiger partial charge in [-0.1, -0.05) is 6.07 Å². The van der Waals surface area contributed by atoms with Crippen LogP contribution in [0, 0.1) is 5.92 Å². The lowest BCUT2D eigenvalue weighted by molar-refractivity contribution is -0.137. The first-order valence-corrected chi connectivity index (χ1v) is 13.2. The van der Waals surface area contributed by atoms with Crippen molar-refractivity contribution in [1.29, 1.82) is 0 Å². The van der Waals surface area contributed by atoms with Gasteiger partial charge in [-0.2, -0.15) is 17.5 Å². The maximum atomic E-state index is 12.9. The molecule has 2 aromatic rings. The van der Waals surface area contributed by atoms with Crippen LogP contribution in [-0.4, -0.2) is 46.0 Å². The lowest BCUT2D eigenvalue weighted by Gasteiger charge is -2.30. The summed E-state index contributed by atoms with van der Waals surface area (Å²) in [7, 11) is -8.18. The molecule has 0 saturated carbocycles. The van der Waals surface area contributed by atoms with Gasteiger partial charge in [0.05, 0.1) is 15.4 Å². The SMILES string of the molecule is CC(=O)NS(=O)(=O)c1ccc(NC(=O)C2CCN(S(=O)(=O)c3cccc(C(F)(F)F)c3)CC2)cc1. The number of carbonyl (C=O) groups is 2. The smallest absolute Gasteiger partial charge is 0.326 e. The maximum absolute atomic E-state index is 12.9. The summed E-state index contributed by atoms with van der Waals surface area (Å²) in [4.78, 5) is 23.0. The minimum atomic E-state index is -4.68. The lowest BCUT2D eigenvalue weighted by Crippen LogP contribution is -2.41. The summed E-state index contributed by atoms with van der Waals surface area (Å²) in [6, 6.07) is 8.62. The summed E-state index contributed by atoms with van der Waals surface area (Å²) in [6.07, 6.45) is -4.37.